The highest BCUT2D eigenvalue weighted by Gasteiger charge is 2.13. The molecule has 0 heterocycles. The number of hydrogen-bond donors (Lipinski definition) is 0. The zero-order valence-corrected chi connectivity index (χ0v) is 8.65. The molecule has 0 fully saturated rings. The number of rotatable bonds is 3. The first-order valence-electron chi connectivity index (χ1n) is 4.19. The molecule has 1 rings (SSSR count). The molecule has 80 valence electrons. The first-order valence-corrected chi connectivity index (χ1v) is 4.57. The molecule has 0 aromatic heterocycles. The summed E-state index contributed by atoms with van der Waals surface area (Å²) in [5, 5.41) is 10.4. The third-order valence-electron chi connectivity index (χ3n) is 1.64. The van der Waals surface area contributed by atoms with Gasteiger partial charge < -0.3 is 4.74 Å². The van der Waals surface area contributed by atoms with Crippen molar-refractivity contribution < 1.29 is 14.5 Å². The van der Waals surface area contributed by atoms with Gasteiger partial charge in [-0.05, 0) is 6.07 Å². The Balaban J connectivity index is 2.91. The smallest absolute Gasteiger partial charge is 0.310 e. The number of esters is 1. The molecule has 0 spiro atoms. The van der Waals surface area contributed by atoms with Crippen molar-refractivity contribution in [2.24, 2.45) is 0 Å². The molecule has 0 radical (unpaired) electrons. The van der Waals surface area contributed by atoms with E-state index < -0.39 is 10.9 Å². The van der Waals surface area contributed by atoms with Crippen molar-refractivity contribution in [1.29, 1.82) is 0 Å². The maximum Gasteiger partial charge on any atom is 0.310 e. The molecule has 0 unspecified atom stereocenters. The van der Waals surface area contributed by atoms with Crippen LogP contribution in [0.5, 0.6) is 5.75 Å². The monoisotopic (exact) mass is 229 g/mol. The van der Waals surface area contributed by atoms with Gasteiger partial charge in [0, 0.05) is 18.6 Å². The average Bonchev–Trinajstić information content (AvgIpc) is 2.17. The van der Waals surface area contributed by atoms with Gasteiger partial charge in [-0.3, -0.25) is 14.9 Å². The molecule has 0 atom stereocenters. The predicted octanol–water partition coefficient (Wildman–Crippen LogP) is 2.56. The van der Waals surface area contributed by atoms with Gasteiger partial charge >= 0.3 is 5.97 Å². The quantitative estimate of drug-likeness (QED) is 0.346. The molecule has 1 aromatic rings. The zero-order chi connectivity index (χ0) is 11.4. The number of carbonyl (C=O) groups excluding carboxylic acids is 1. The van der Waals surface area contributed by atoms with Crippen LogP contribution in [0.2, 0.25) is 5.02 Å². The Morgan fingerprint density at radius 2 is 2.27 bits per heavy atom. The highest BCUT2D eigenvalue weighted by atomic mass is 35.5. The van der Waals surface area contributed by atoms with E-state index in [1.807, 2.05) is 0 Å². The minimum absolute atomic E-state index is 0.0543. The van der Waals surface area contributed by atoms with Gasteiger partial charge in [0.25, 0.3) is 5.69 Å². The van der Waals surface area contributed by atoms with E-state index in [4.69, 9.17) is 16.3 Å². The first kappa shape index (κ1) is 11.5. The Labute approximate surface area is 90.8 Å². The Morgan fingerprint density at radius 1 is 1.60 bits per heavy atom. The van der Waals surface area contributed by atoms with E-state index in [-0.39, 0.29) is 22.9 Å². The van der Waals surface area contributed by atoms with Gasteiger partial charge in [0.15, 0.2) is 0 Å². The summed E-state index contributed by atoms with van der Waals surface area (Å²) >= 11 is 5.62. The van der Waals surface area contributed by atoms with Crippen LogP contribution in [0, 0.1) is 10.1 Å². The fraction of sp³-hybridized carbons (Fsp3) is 0.222. The van der Waals surface area contributed by atoms with Gasteiger partial charge in [0.2, 0.25) is 0 Å². The van der Waals surface area contributed by atoms with E-state index in [0.717, 1.165) is 0 Å². The molecular formula is C9H8ClNO4. The summed E-state index contributed by atoms with van der Waals surface area (Å²) in [6, 6.07) is 3.77. The van der Waals surface area contributed by atoms with Gasteiger partial charge in [0.1, 0.15) is 10.8 Å². The number of ether oxygens (including phenoxy) is 1. The zero-order valence-electron chi connectivity index (χ0n) is 7.90. The van der Waals surface area contributed by atoms with Crippen LogP contribution in [0.4, 0.5) is 5.69 Å². The highest BCUT2D eigenvalue weighted by Crippen LogP contribution is 2.28. The molecule has 0 saturated heterocycles. The van der Waals surface area contributed by atoms with Gasteiger partial charge in [-0.2, -0.15) is 0 Å². The Morgan fingerprint density at radius 3 is 2.73 bits per heavy atom. The fourth-order valence-electron chi connectivity index (χ4n) is 0.903. The molecule has 15 heavy (non-hydrogen) atoms. The maximum atomic E-state index is 10.9. The van der Waals surface area contributed by atoms with Crippen LogP contribution in [-0.2, 0) is 4.79 Å². The lowest BCUT2D eigenvalue weighted by atomic mass is 10.3. The standard InChI is InChI=1S/C9H8ClNO4/c1-2-9(12)15-6-3-4-8(11(13)14)7(10)5-6/h3-5H,2H2,1H3. The van der Waals surface area contributed by atoms with Crippen molar-refractivity contribution in [2.45, 2.75) is 13.3 Å². The van der Waals surface area contributed by atoms with Gasteiger partial charge in [-0.1, -0.05) is 18.5 Å². The number of benzene rings is 1. The summed E-state index contributed by atoms with van der Waals surface area (Å²) in [6.07, 6.45) is 0.231. The molecule has 1 aromatic carbocycles. The van der Waals surface area contributed by atoms with E-state index in [0.29, 0.717) is 0 Å². The maximum absolute atomic E-state index is 10.9. The molecule has 0 aliphatic carbocycles. The second kappa shape index (κ2) is 4.75. The van der Waals surface area contributed by atoms with E-state index in [1.54, 1.807) is 6.92 Å². The number of carbonyl (C=O) groups is 1. The molecule has 6 heteroatoms. The SMILES string of the molecule is CCC(=O)Oc1ccc([N+](=O)[O-])c(Cl)c1. The molecule has 0 aliphatic rings. The topological polar surface area (TPSA) is 69.4 Å². The van der Waals surface area contributed by atoms with Crippen molar-refractivity contribution >= 4 is 23.3 Å². The third kappa shape index (κ3) is 2.92. The summed E-state index contributed by atoms with van der Waals surface area (Å²) in [4.78, 5) is 20.7. The van der Waals surface area contributed by atoms with Crippen LogP contribution in [0.15, 0.2) is 18.2 Å². The summed E-state index contributed by atoms with van der Waals surface area (Å²) in [6.45, 7) is 1.65. The number of nitrogens with zero attached hydrogens (tertiary/aromatic N) is 1. The minimum Gasteiger partial charge on any atom is -0.426 e. The van der Waals surface area contributed by atoms with Crippen LogP contribution in [0.3, 0.4) is 0 Å². The lowest BCUT2D eigenvalue weighted by molar-refractivity contribution is -0.384. The van der Waals surface area contributed by atoms with Crippen LogP contribution in [0.1, 0.15) is 13.3 Å². The predicted molar refractivity (Wildman–Crippen MR) is 54.0 cm³/mol. The van der Waals surface area contributed by atoms with E-state index in [1.165, 1.54) is 18.2 Å². The Hall–Kier alpha value is -1.62. The van der Waals surface area contributed by atoms with Gasteiger partial charge in [0.05, 0.1) is 4.92 Å². The van der Waals surface area contributed by atoms with Crippen molar-refractivity contribution in [3.05, 3.63) is 33.3 Å². The Kier molecular flexibility index (Phi) is 3.62. The largest absolute Gasteiger partial charge is 0.426 e. The normalized spacial score (nSPS) is 9.73. The molecule has 0 aliphatic heterocycles. The molecule has 0 bridgehead atoms. The molecule has 0 saturated carbocycles. The summed E-state index contributed by atoms with van der Waals surface area (Å²) in [7, 11) is 0. The molecule has 0 N–H and O–H groups in total. The minimum atomic E-state index is -0.603. The lowest BCUT2D eigenvalue weighted by Gasteiger charge is -2.02. The molecule has 0 amide bonds. The van der Waals surface area contributed by atoms with E-state index >= 15 is 0 Å². The van der Waals surface area contributed by atoms with Crippen molar-refractivity contribution in [3.8, 4) is 5.75 Å². The second-order valence-electron chi connectivity index (χ2n) is 2.70. The number of hydrogen-bond acceptors (Lipinski definition) is 4. The summed E-state index contributed by atoms with van der Waals surface area (Å²) in [5.74, 6) is -0.211. The van der Waals surface area contributed by atoms with E-state index in [9.17, 15) is 14.9 Å². The lowest BCUT2D eigenvalue weighted by Crippen LogP contribution is -2.05. The third-order valence-corrected chi connectivity index (χ3v) is 1.94. The highest BCUT2D eigenvalue weighted by molar-refractivity contribution is 6.32. The summed E-state index contributed by atoms with van der Waals surface area (Å²) < 4.78 is 4.83. The van der Waals surface area contributed by atoms with Gasteiger partial charge in [-0.15, -0.1) is 0 Å². The molecule has 5 nitrogen and oxygen atoms in total. The van der Waals surface area contributed by atoms with Crippen LogP contribution in [0.25, 0.3) is 0 Å². The summed E-state index contributed by atoms with van der Waals surface area (Å²) in [5.41, 5.74) is -0.215. The van der Waals surface area contributed by atoms with Crippen LogP contribution < -0.4 is 4.74 Å². The number of halogens is 1. The van der Waals surface area contributed by atoms with Crippen LogP contribution in [-0.4, -0.2) is 10.9 Å². The average molecular weight is 230 g/mol. The number of nitro benzene ring substituents is 1. The van der Waals surface area contributed by atoms with Crippen molar-refractivity contribution in [2.75, 3.05) is 0 Å². The van der Waals surface area contributed by atoms with Crippen molar-refractivity contribution in [1.82, 2.24) is 0 Å². The fourth-order valence-corrected chi connectivity index (χ4v) is 1.14. The first-order chi connectivity index (χ1) is 7.04. The van der Waals surface area contributed by atoms with Crippen molar-refractivity contribution in [3.63, 3.8) is 0 Å². The number of nitro groups is 1. The Bertz CT molecular complexity index is 405. The second-order valence-corrected chi connectivity index (χ2v) is 3.11. The van der Waals surface area contributed by atoms with Crippen LogP contribution >= 0.6 is 11.6 Å². The molecular weight excluding hydrogens is 222 g/mol. The van der Waals surface area contributed by atoms with E-state index in [2.05, 4.69) is 0 Å². The van der Waals surface area contributed by atoms with Gasteiger partial charge in [-0.25, -0.2) is 0 Å².